The monoisotopic (exact) mass is 397 g/mol. The third kappa shape index (κ3) is 4.31. The Morgan fingerprint density at radius 1 is 1.31 bits per heavy atom. The Morgan fingerprint density at radius 2 is 2.14 bits per heavy atom. The fourth-order valence-electron chi connectivity index (χ4n) is 3.42. The van der Waals surface area contributed by atoms with Crippen LogP contribution in [0.5, 0.6) is 5.75 Å². The molecular formula is C21H23N3O5. The summed E-state index contributed by atoms with van der Waals surface area (Å²) in [5.74, 6) is 1.91. The largest absolute Gasteiger partial charge is 0.484 e. The fraction of sp³-hybridized carbons (Fsp3) is 0.429. The van der Waals surface area contributed by atoms with E-state index >= 15 is 0 Å². The fourth-order valence-corrected chi connectivity index (χ4v) is 3.42. The summed E-state index contributed by atoms with van der Waals surface area (Å²) in [4.78, 5) is 30.3. The molecule has 0 spiro atoms. The van der Waals surface area contributed by atoms with Crippen LogP contribution in [0.4, 0.5) is 0 Å². The molecule has 4 rings (SSSR count). The number of carbonyl (C=O) groups excluding carboxylic acids is 1. The van der Waals surface area contributed by atoms with Gasteiger partial charge in [-0.05, 0) is 31.0 Å². The summed E-state index contributed by atoms with van der Waals surface area (Å²) < 4.78 is 16.2. The van der Waals surface area contributed by atoms with Crippen LogP contribution in [0.3, 0.4) is 0 Å². The maximum atomic E-state index is 12.6. The maximum Gasteiger partial charge on any atom is 0.336 e. The van der Waals surface area contributed by atoms with Gasteiger partial charge in [-0.3, -0.25) is 4.79 Å². The first-order valence-electron chi connectivity index (χ1n) is 9.77. The third-order valence-electron chi connectivity index (χ3n) is 5.05. The first kappa shape index (κ1) is 19.2. The average molecular weight is 397 g/mol. The van der Waals surface area contributed by atoms with Crippen molar-refractivity contribution >= 4 is 16.9 Å². The summed E-state index contributed by atoms with van der Waals surface area (Å²) in [5.41, 5.74) is 0.00423. The molecule has 152 valence electrons. The molecule has 3 aromatic rings. The highest BCUT2D eigenvalue weighted by Crippen LogP contribution is 2.27. The molecular weight excluding hydrogens is 374 g/mol. The van der Waals surface area contributed by atoms with Gasteiger partial charge in [0.05, 0.1) is 5.92 Å². The zero-order valence-corrected chi connectivity index (χ0v) is 16.5. The number of likely N-dealkylation sites (tertiary alicyclic amines) is 1. The summed E-state index contributed by atoms with van der Waals surface area (Å²) >= 11 is 0. The molecule has 0 N–H and O–H groups in total. The molecule has 1 aromatic carbocycles. The van der Waals surface area contributed by atoms with Crippen LogP contribution in [0, 0.1) is 0 Å². The number of piperidine rings is 1. The number of fused-ring (bicyclic) bond motifs is 1. The van der Waals surface area contributed by atoms with Gasteiger partial charge in [0.25, 0.3) is 5.91 Å². The molecule has 1 amide bonds. The SMILES string of the molecule is CC(C)c1noc(C2CCCN(C(=O)COc3ccc4ccc(=O)oc4c3)C2)n1. The van der Waals surface area contributed by atoms with E-state index in [4.69, 9.17) is 13.7 Å². The minimum atomic E-state index is -0.424. The Labute approximate surface area is 167 Å². The van der Waals surface area contributed by atoms with E-state index in [-0.39, 0.29) is 24.3 Å². The lowest BCUT2D eigenvalue weighted by atomic mass is 9.98. The minimum Gasteiger partial charge on any atom is -0.484 e. The Kier molecular flexibility index (Phi) is 5.33. The molecule has 1 unspecified atom stereocenters. The van der Waals surface area contributed by atoms with Crippen LogP contribution in [0.2, 0.25) is 0 Å². The smallest absolute Gasteiger partial charge is 0.336 e. The standard InChI is InChI=1S/C21H23N3O5/c1-13(2)20-22-21(29-23-20)15-4-3-9-24(11-15)18(25)12-27-16-7-5-14-6-8-19(26)28-17(14)10-16/h5-8,10,13,15H,3-4,9,11-12H2,1-2H3. The van der Waals surface area contributed by atoms with E-state index in [0.717, 1.165) is 18.2 Å². The lowest BCUT2D eigenvalue weighted by Gasteiger charge is -2.31. The molecule has 3 heterocycles. The lowest BCUT2D eigenvalue weighted by Crippen LogP contribution is -2.41. The number of nitrogens with zero attached hydrogens (tertiary/aromatic N) is 3. The van der Waals surface area contributed by atoms with Gasteiger partial charge in [0, 0.05) is 36.5 Å². The predicted octanol–water partition coefficient (Wildman–Crippen LogP) is 3.08. The molecule has 0 saturated carbocycles. The number of hydrogen-bond acceptors (Lipinski definition) is 7. The van der Waals surface area contributed by atoms with Crippen LogP contribution in [0.15, 0.2) is 44.1 Å². The van der Waals surface area contributed by atoms with Crippen LogP contribution in [0.1, 0.15) is 50.2 Å². The molecule has 2 aromatic heterocycles. The molecule has 1 aliphatic rings. The summed E-state index contributed by atoms with van der Waals surface area (Å²) in [5, 5.41) is 4.82. The quantitative estimate of drug-likeness (QED) is 0.610. The van der Waals surface area contributed by atoms with Crippen molar-refractivity contribution < 1.29 is 18.5 Å². The van der Waals surface area contributed by atoms with Crippen LogP contribution >= 0.6 is 0 Å². The average Bonchev–Trinajstić information content (AvgIpc) is 3.22. The molecule has 1 atom stereocenters. The van der Waals surface area contributed by atoms with Gasteiger partial charge in [-0.1, -0.05) is 19.0 Å². The zero-order chi connectivity index (χ0) is 20.4. The van der Waals surface area contributed by atoms with E-state index < -0.39 is 5.63 Å². The third-order valence-corrected chi connectivity index (χ3v) is 5.05. The van der Waals surface area contributed by atoms with Crippen molar-refractivity contribution in [1.82, 2.24) is 15.0 Å². The Bertz CT molecular complexity index is 1070. The van der Waals surface area contributed by atoms with Gasteiger partial charge in [-0.15, -0.1) is 0 Å². The first-order valence-corrected chi connectivity index (χ1v) is 9.77. The van der Waals surface area contributed by atoms with Gasteiger partial charge >= 0.3 is 5.63 Å². The van der Waals surface area contributed by atoms with Gasteiger partial charge in [0.1, 0.15) is 11.3 Å². The molecule has 1 fully saturated rings. The van der Waals surface area contributed by atoms with Gasteiger partial charge in [0.2, 0.25) is 5.89 Å². The second-order valence-corrected chi connectivity index (χ2v) is 7.57. The number of rotatable bonds is 5. The summed E-state index contributed by atoms with van der Waals surface area (Å²) in [6, 6.07) is 8.21. The molecule has 8 nitrogen and oxygen atoms in total. The van der Waals surface area contributed by atoms with E-state index in [1.54, 1.807) is 29.2 Å². The van der Waals surface area contributed by atoms with E-state index in [1.807, 2.05) is 13.8 Å². The summed E-state index contributed by atoms with van der Waals surface area (Å²) in [6.07, 6.45) is 1.78. The molecule has 0 aliphatic carbocycles. The van der Waals surface area contributed by atoms with E-state index in [2.05, 4.69) is 10.1 Å². The predicted molar refractivity (Wildman–Crippen MR) is 105 cm³/mol. The second-order valence-electron chi connectivity index (χ2n) is 7.57. The van der Waals surface area contributed by atoms with E-state index in [0.29, 0.717) is 36.1 Å². The molecule has 0 bridgehead atoms. The summed E-state index contributed by atoms with van der Waals surface area (Å²) in [6.45, 7) is 5.16. The van der Waals surface area contributed by atoms with E-state index in [9.17, 15) is 9.59 Å². The molecule has 0 radical (unpaired) electrons. The summed E-state index contributed by atoms with van der Waals surface area (Å²) in [7, 11) is 0. The topological polar surface area (TPSA) is 98.7 Å². The Morgan fingerprint density at radius 3 is 2.93 bits per heavy atom. The lowest BCUT2D eigenvalue weighted by molar-refractivity contribution is -0.134. The van der Waals surface area contributed by atoms with Crippen molar-refractivity contribution in [2.75, 3.05) is 19.7 Å². The van der Waals surface area contributed by atoms with Gasteiger partial charge in [-0.2, -0.15) is 4.98 Å². The van der Waals surface area contributed by atoms with Crippen molar-refractivity contribution in [1.29, 1.82) is 0 Å². The highest BCUT2D eigenvalue weighted by Gasteiger charge is 2.29. The van der Waals surface area contributed by atoms with Crippen molar-refractivity contribution in [3.05, 3.63) is 52.5 Å². The van der Waals surface area contributed by atoms with Gasteiger partial charge in [-0.25, -0.2) is 4.79 Å². The number of ether oxygens (including phenoxy) is 1. The molecule has 1 saturated heterocycles. The van der Waals surface area contributed by atoms with Gasteiger partial charge < -0.3 is 18.6 Å². The number of amides is 1. The molecule has 1 aliphatic heterocycles. The number of aromatic nitrogens is 2. The number of hydrogen-bond donors (Lipinski definition) is 0. The van der Waals surface area contributed by atoms with Crippen LogP contribution in [0.25, 0.3) is 11.0 Å². The zero-order valence-electron chi connectivity index (χ0n) is 16.5. The highest BCUT2D eigenvalue weighted by molar-refractivity contribution is 5.79. The number of benzene rings is 1. The molecule has 8 heteroatoms. The second kappa shape index (κ2) is 8.06. The highest BCUT2D eigenvalue weighted by atomic mass is 16.5. The van der Waals surface area contributed by atoms with E-state index in [1.165, 1.54) is 6.07 Å². The Hall–Kier alpha value is -3.16. The maximum absolute atomic E-state index is 12.6. The van der Waals surface area contributed by atoms with Crippen molar-refractivity contribution in [3.63, 3.8) is 0 Å². The number of carbonyl (C=O) groups is 1. The van der Waals surface area contributed by atoms with Gasteiger partial charge in [0.15, 0.2) is 12.4 Å². The normalized spacial score (nSPS) is 17.1. The van der Waals surface area contributed by atoms with Crippen molar-refractivity contribution in [3.8, 4) is 5.75 Å². The van der Waals surface area contributed by atoms with Crippen LogP contribution in [-0.4, -0.2) is 40.6 Å². The van der Waals surface area contributed by atoms with Crippen LogP contribution in [-0.2, 0) is 4.79 Å². The first-order chi connectivity index (χ1) is 14.0. The van der Waals surface area contributed by atoms with Crippen LogP contribution < -0.4 is 10.4 Å². The van der Waals surface area contributed by atoms with Crippen molar-refractivity contribution in [2.45, 2.75) is 38.5 Å². The minimum absolute atomic E-state index is 0.0441. The van der Waals surface area contributed by atoms with Crippen molar-refractivity contribution in [2.24, 2.45) is 0 Å². The molecule has 29 heavy (non-hydrogen) atoms. The Balaban J connectivity index is 1.38.